The van der Waals surface area contributed by atoms with Crippen LogP contribution in [-0.2, 0) is 4.74 Å². The van der Waals surface area contributed by atoms with Gasteiger partial charge in [-0.3, -0.25) is 4.98 Å². The summed E-state index contributed by atoms with van der Waals surface area (Å²) in [6.45, 7) is 4.73. The summed E-state index contributed by atoms with van der Waals surface area (Å²) in [6.07, 6.45) is 7.22. The lowest BCUT2D eigenvalue weighted by Gasteiger charge is -2.31. The smallest absolute Gasteiger partial charge is 0.339 e. The minimum absolute atomic E-state index is 0.164. The molecule has 0 aromatic carbocycles. The number of aromatic nitrogens is 2. The number of rotatable bonds is 6. The first-order valence-electron chi connectivity index (χ1n) is 8.73. The highest BCUT2D eigenvalue weighted by molar-refractivity contribution is 9.10. The van der Waals surface area contributed by atoms with Crippen molar-refractivity contribution in [3.05, 3.63) is 46.8 Å². The number of anilines is 1. The standard InChI is InChI=1S/C19H22BrN3O3/c1-14-4-6-23(7-5-14)18-3-2-15(11-22-18)19(24)26-9-8-25-17-10-16(20)12-21-13-17/h2-3,10-14H,4-9H2,1H3. The number of carbonyl (C=O) groups excluding carboxylic acids is 1. The number of halogens is 1. The summed E-state index contributed by atoms with van der Waals surface area (Å²) >= 11 is 3.32. The quantitative estimate of drug-likeness (QED) is 0.525. The van der Waals surface area contributed by atoms with Crippen LogP contribution in [0.2, 0.25) is 0 Å². The van der Waals surface area contributed by atoms with Crippen LogP contribution in [0.25, 0.3) is 0 Å². The summed E-state index contributed by atoms with van der Waals surface area (Å²) in [5.74, 6) is 1.92. The van der Waals surface area contributed by atoms with Gasteiger partial charge in [0.25, 0.3) is 0 Å². The first-order chi connectivity index (χ1) is 12.6. The third-order valence-electron chi connectivity index (χ3n) is 4.36. The van der Waals surface area contributed by atoms with Crippen LogP contribution in [-0.4, -0.2) is 42.2 Å². The molecule has 3 heterocycles. The van der Waals surface area contributed by atoms with Crippen LogP contribution in [0.1, 0.15) is 30.1 Å². The van der Waals surface area contributed by atoms with E-state index in [0.717, 1.165) is 29.3 Å². The molecule has 1 aliphatic rings. The van der Waals surface area contributed by atoms with E-state index in [1.807, 2.05) is 6.07 Å². The van der Waals surface area contributed by atoms with Crippen molar-refractivity contribution in [3.8, 4) is 5.75 Å². The molecule has 0 bridgehead atoms. The largest absolute Gasteiger partial charge is 0.488 e. The highest BCUT2D eigenvalue weighted by Crippen LogP contribution is 2.21. The number of piperidine rings is 1. The molecule has 1 saturated heterocycles. The van der Waals surface area contributed by atoms with E-state index in [1.54, 1.807) is 30.7 Å². The predicted molar refractivity (Wildman–Crippen MR) is 103 cm³/mol. The van der Waals surface area contributed by atoms with Crippen molar-refractivity contribution in [2.24, 2.45) is 5.92 Å². The van der Waals surface area contributed by atoms with E-state index in [2.05, 4.69) is 37.7 Å². The second kappa shape index (κ2) is 8.98. The molecule has 7 heteroatoms. The minimum Gasteiger partial charge on any atom is -0.488 e. The van der Waals surface area contributed by atoms with Crippen molar-refractivity contribution in [2.45, 2.75) is 19.8 Å². The summed E-state index contributed by atoms with van der Waals surface area (Å²) in [7, 11) is 0. The van der Waals surface area contributed by atoms with E-state index in [-0.39, 0.29) is 13.2 Å². The Labute approximate surface area is 161 Å². The van der Waals surface area contributed by atoms with Gasteiger partial charge >= 0.3 is 5.97 Å². The zero-order valence-corrected chi connectivity index (χ0v) is 16.3. The van der Waals surface area contributed by atoms with Crippen LogP contribution < -0.4 is 9.64 Å². The number of nitrogens with zero attached hydrogens (tertiary/aromatic N) is 3. The van der Waals surface area contributed by atoms with Crippen molar-refractivity contribution >= 4 is 27.7 Å². The number of pyridine rings is 2. The summed E-state index contributed by atoms with van der Waals surface area (Å²) in [4.78, 5) is 22.8. The Balaban J connectivity index is 1.44. The molecular weight excluding hydrogens is 398 g/mol. The third-order valence-corrected chi connectivity index (χ3v) is 4.79. The van der Waals surface area contributed by atoms with Gasteiger partial charge in [0.1, 0.15) is 24.8 Å². The van der Waals surface area contributed by atoms with Gasteiger partial charge in [-0.25, -0.2) is 9.78 Å². The Kier molecular flexibility index (Phi) is 6.44. The fourth-order valence-electron chi connectivity index (χ4n) is 2.78. The van der Waals surface area contributed by atoms with Gasteiger partial charge in [-0.2, -0.15) is 0 Å². The maximum Gasteiger partial charge on any atom is 0.339 e. The molecule has 0 saturated carbocycles. The number of esters is 1. The highest BCUT2D eigenvalue weighted by atomic mass is 79.9. The Morgan fingerprint density at radius 3 is 2.73 bits per heavy atom. The van der Waals surface area contributed by atoms with Crippen LogP contribution in [0.3, 0.4) is 0 Å². The van der Waals surface area contributed by atoms with Crippen molar-refractivity contribution in [1.82, 2.24) is 9.97 Å². The zero-order chi connectivity index (χ0) is 18.4. The second-order valence-electron chi connectivity index (χ2n) is 6.40. The highest BCUT2D eigenvalue weighted by Gasteiger charge is 2.17. The zero-order valence-electron chi connectivity index (χ0n) is 14.7. The van der Waals surface area contributed by atoms with Crippen LogP contribution in [0, 0.1) is 5.92 Å². The molecule has 2 aromatic rings. The first kappa shape index (κ1) is 18.6. The summed E-state index contributed by atoms with van der Waals surface area (Å²) in [5, 5.41) is 0. The van der Waals surface area contributed by atoms with Crippen LogP contribution >= 0.6 is 15.9 Å². The van der Waals surface area contributed by atoms with Crippen molar-refractivity contribution in [3.63, 3.8) is 0 Å². The average molecular weight is 420 g/mol. The van der Waals surface area contributed by atoms with Crippen molar-refractivity contribution < 1.29 is 14.3 Å². The predicted octanol–water partition coefficient (Wildman–Crippen LogP) is 3.71. The fraction of sp³-hybridized carbons (Fsp3) is 0.421. The molecule has 1 fully saturated rings. The Morgan fingerprint density at radius 1 is 1.23 bits per heavy atom. The molecule has 0 atom stereocenters. The van der Waals surface area contributed by atoms with Crippen molar-refractivity contribution in [1.29, 1.82) is 0 Å². The van der Waals surface area contributed by atoms with E-state index in [1.165, 1.54) is 12.8 Å². The summed E-state index contributed by atoms with van der Waals surface area (Å²) < 4.78 is 11.6. The molecule has 0 N–H and O–H groups in total. The molecule has 0 amide bonds. The third kappa shape index (κ3) is 5.17. The van der Waals surface area contributed by atoms with E-state index < -0.39 is 5.97 Å². The lowest BCUT2D eigenvalue weighted by atomic mass is 9.99. The van der Waals surface area contributed by atoms with Gasteiger partial charge in [-0.1, -0.05) is 6.92 Å². The number of carbonyl (C=O) groups is 1. The lowest BCUT2D eigenvalue weighted by Crippen LogP contribution is -2.33. The van der Waals surface area contributed by atoms with Gasteiger partial charge in [0.05, 0.1) is 11.8 Å². The van der Waals surface area contributed by atoms with E-state index in [9.17, 15) is 4.79 Å². The Bertz CT molecular complexity index is 731. The van der Waals surface area contributed by atoms with Gasteiger partial charge in [0.15, 0.2) is 0 Å². The van der Waals surface area contributed by atoms with Crippen LogP contribution in [0.4, 0.5) is 5.82 Å². The normalized spacial score (nSPS) is 14.9. The Hall–Kier alpha value is -2.15. The molecule has 0 aliphatic carbocycles. The molecule has 6 nitrogen and oxygen atoms in total. The topological polar surface area (TPSA) is 64.6 Å². The number of ether oxygens (including phenoxy) is 2. The SMILES string of the molecule is CC1CCN(c2ccc(C(=O)OCCOc3cncc(Br)c3)cn2)CC1. The molecule has 3 rings (SSSR count). The fourth-order valence-corrected chi connectivity index (χ4v) is 3.12. The lowest BCUT2D eigenvalue weighted by molar-refractivity contribution is 0.0450. The maximum absolute atomic E-state index is 12.1. The number of hydrogen-bond donors (Lipinski definition) is 0. The van der Waals surface area contributed by atoms with E-state index in [4.69, 9.17) is 9.47 Å². The van der Waals surface area contributed by atoms with Gasteiger partial charge in [-0.15, -0.1) is 0 Å². The van der Waals surface area contributed by atoms with Gasteiger partial charge < -0.3 is 14.4 Å². The molecule has 2 aromatic heterocycles. The average Bonchev–Trinajstić information content (AvgIpc) is 2.66. The molecule has 1 aliphatic heterocycles. The molecule has 138 valence electrons. The van der Waals surface area contributed by atoms with Crippen LogP contribution in [0.5, 0.6) is 5.75 Å². The monoisotopic (exact) mass is 419 g/mol. The molecule has 0 spiro atoms. The summed E-state index contributed by atoms with van der Waals surface area (Å²) in [5.41, 5.74) is 0.447. The second-order valence-corrected chi connectivity index (χ2v) is 7.31. The van der Waals surface area contributed by atoms with Gasteiger partial charge in [-0.05, 0) is 52.9 Å². The molecule has 26 heavy (non-hydrogen) atoms. The summed E-state index contributed by atoms with van der Waals surface area (Å²) in [6, 6.07) is 5.46. The first-order valence-corrected chi connectivity index (χ1v) is 9.52. The minimum atomic E-state index is -0.396. The van der Waals surface area contributed by atoms with Crippen molar-refractivity contribution in [2.75, 3.05) is 31.2 Å². The van der Waals surface area contributed by atoms with Gasteiger partial charge in [0.2, 0.25) is 0 Å². The van der Waals surface area contributed by atoms with Gasteiger partial charge in [0, 0.05) is 30.0 Å². The molecule has 0 radical (unpaired) electrons. The molecular formula is C19H22BrN3O3. The Morgan fingerprint density at radius 2 is 2.04 bits per heavy atom. The number of hydrogen-bond acceptors (Lipinski definition) is 6. The maximum atomic E-state index is 12.1. The molecule has 0 unspecified atom stereocenters. The van der Waals surface area contributed by atoms with E-state index in [0.29, 0.717) is 11.3 Å². The van der Waals surface area contributed by atoms with E-state index >= 15 is 0 Å². The van der Waals surface area contributed by atoms with Crippen LogP contribution in [0.15, 0.2) is 41.3 Å².